The SMILES string of the molecule is C=C(c1ccco1)c1ccc(Cl)cc1C. The number of benzene rings is 1. The van der Waals surface area contributed by atoms with Gasteiger partial charge in [-0.15, -0.1) is 0 Å². The molecular formula is C13H11ClO. The molecule has 1 aromatic heterocycles. The average molecular weight is 219 g/mol. The normalized spacial score (nSPS) is 10.3. The Morgan fingerprint density at radius 3 is 2.73 bits per heavy atom. The minimum atomic E-state index is 0.739. The van der Waals surface area contributed by atoms with Gasteiger partial charge in [-0.1, -0.05) is 24.2 Å². The molecule has 0 amide bonds. The van der Waals surface area contributed by atoms with Crippen molar-refractivity contribution >= 4 is 17.2 Å². The molecule has 1 aromatic carbocycles. The van der Waals surface area contributed by atoms with Crippen LogP contribution in [0.4, 0.5) is 0 Å². The van der Waals surface area contributed by atoms with Crippen molar-refractivity contribution in [1.82, 2.24) is 0 Å². The molecule has 0 unspecified atom stereocenters. The highest BCUT2D eigenvalue weighted by atomic mass is 35.5. The van der Waals surface area contributed by atoms with Gasteiger partial charge in [0.25, 0.3) is 0 Å². The lowest BCUT2D eigenvalue weighted by Gasteiger charge is -2.07. The highest BCUT2D eigenvalue weighted by Crippen LogP contribution is 2.26. The van der Waals surface area contributed by atoms with E-state index < -0.39 is 0 Å². The van der Waals surface area contributed by atoms with Gasteiger partial charge in [-0.2, -0.15) is 0 Å². The molecule has 1 nitrogen and oxygen atoms in total. The maximum Gasteiger partial charge on any atom is 0.133 e. The summed E-state index contributed by atoms with van der Waals surface area (Å²) in [5, 5.41) is 0.739. The summed E-state index contributed by atoms with van der Waals surface area (Å²) in [6, 6.07) is 9.49. The molecule has 2 aromatic rings. The first-order valence-corrected chi connectivity index (χ1v) is 5.05. The fraction of sp³-hybridized carbons (Fsp3) is 0.0769. The van der Waals surface area contributed by atoms with Crippen LogP contribution in [0.1, 0.15) is 16.9 Å². The van der Waals surface area contributed by atoms with Crippen molar-refractivity contribution in [3.8, 4) is 0 Å². The van der Waals surface area contributed by atoms with Crippen LogP contribution in [-0.2, 0) is 0 Å². The van der Waals surface area contributed by atoms with E-state index in [4.69, 9.17) is 16.0 Å². The van der Waals surface area contributed by atoms with Crippen molar-refractivity contribution in [3.63, 3.8) is 0 Å². The third-order valence-corrected chi connectivity index (χ3v) is 2.57. The summed E-state index contributed by atoms with van der Waals surface area (Å²) in [4.78, 5) is 0. The zero-order valence-corrected chi connectivity index (χ0v) is 9.21. The molecule has 0 radical (unpaired) electrons. The lowest BCUT2D eigenvalue weighted by Crippen LogP contribution is -1.88. The van der Waals surface area contributed by atoms with E-state index in [9.17, 15) is 0 Å². The Labute approximate surface area is 94.0 Å². The summed E-state index contributed by atoms with van der Waals surface area (Å²) >= 11 is 5.89. The fourth-order valence-electron chi connectivity index (χ4n) is 1.55. The Hall–Kier alpha value is -1.47. The second kappa shape index (κ2) is 3.95. The standard InChI is InChI=1S/C13H11ClO/c1-9-8-11(14)5-6-12(9)10(2)13-4-3-7-15-13/h3-8H,2H2,1H3. The number of furan rings is 1. The van der Waals surface area contributed by atoms with Gasteiger partial charge in [0.15, 0.2) is 0 Å². The van der Waals surface area contributed by atoms with Gasteiger partial charge in [-0.3, -0.25) is 0 Å². The molecule has 0 atom stereocenters. The average Bonchev–Trinajstić information content (AvgIpc) is 2.69. The molecule has 0 saturated heterocycles. The number of rotatable bonds is 2. The second-order valence-electron chi connectivity index (χ2n) is 3.42. The van der Waals surface area contributed by atoms with Crippen LogP contribution in [0, 0.1) is 6.92 Å². The molecule has 0 fully saturated rings. The smallest absolute Gasteiger partial charge is 0.133 e. The number of hydrogen-bond acceptors (Lipinski definition) is 1. The van der Waals surface area contributed by atoms with Crippen molar-refractivity contribution in [3.05, 3.63) is 65.1 Å². The van der Waals surface area contributed by atoms with Crippen LogP contribution >= 0.6 is 11.6 Å². The molecule has 0 N–H and O–H groups in total. The van der Waals surface area contributed by atoms with Gasteiger partial charge in [0.1, 0.15) is 5.76 Å². The van der Waals surface area contributed by atoms with E-state index in [2.05, 4.69) is 6.58 Å². The Kier molecular flexibility index (Phi) is 2.65. The monoisotopic (exact) mass is 218 g/mol. The van der Waals surface area contributed by atoms with E-state index in [-0.39, 0.29) is 0 Å². The Morgan fingerprint density at radius 2 is 2.13 bits per heavy atom. The first-order chi connectivity index (χ1) is 7.18. The second-order valence-corrected chi connectivity index (χ2v) is 3.85. The van der Waals surface area contributed by atoms with Crippen LogP contribution in [0.2, 0.25) is 5.02 Å². The first-order valence-electron chi connectivity index (χ1n) is 4.68. The van der Waals surface area contributed by atoms with Crippen molar-refractivity contribution in [2.24, 2.45) is 0 Å². The molecule has 0 aliphatic carbocycles. The molecule has 0 aliphatic heterocycles. The molecule has 0 saturated carbocycles. The van der Waals surface area contributed by atoms with Crippen LogP contribution in [0.5, 0.6) is 0 Å². The van der Waals surface area contributed by atoms with E-state index in [0.29, 0.717) is 0 Å². The summed E-state index contributed by atoms with van der Waals surface area (Å²) in [6.07, 6.45) is 1.64. The quantitative estimate of drug-likeness (QED) is 0.733. The van der Waals surface area contributed by atoms with Gasteiger partial charge >= 0.3 is 0 Å². The van der Waals surface area contributed by atoms with Gasteiger partial charge in [0, 0.05) is 10.6 Å². The van der Waals surface area contributed by atoms with Crippen molar-refractivity contribution in [2.45, 2.75) is 6.92 Å². The van der Waals surface area contributed by atoms with Gasteiger partial charge in [0.2, 0.25) is 0 Å². The van der Waals surface area contributed by atoms with E-state index >= 15 is 0 Å². The summed E-state index contributed by atoms with van der Waals surface area (Å²) in [5.74, 6) is 0.792. The Bertz CT molecular complexity index is 483. The molecule has 0 bridgehead atoms. The first kappa shape index (κ1) is 10.1. The minimum Gasteiger partial charge on any atom is -0.464 e. The predicted octanol–water partition coefficient (Wildman–Crippen LogP) is 4.30. The zero-order chi connectivity index (χ0) is 10.8. The Balaban J connectivity index is 2.42. The summed E-state index contributed by atoms with van der Waals surface area (Å²) in [5.41, 5.74) is 3.05. The maximum absolute atomic E-state index is 5.89. The third kappa shape index (κ3) is 1.97. The number of hydrogen-bond donors (Lipinski definition) is 0. The highest BCUT2D eigenvalue weighted by Gasteiger charge is 2.07. The van der Waals surface area contributed by atoms with Crippen LogP contribution in [0.25, 0.3) is 5.57 Å². The van der Waals surface area contributed by atoms with Crippen LogP contribution in [0.3, 0.4) is 0 Å². The topological polar surface area (TPSA) is 13.1 Å². The van der Waals surface area contributed by atoms with Gasteiger partial charge in [-0.25, -0.2) is 0 Å². The molecule has 2 rings (SSSR count). The summed E-state index contributed by atoms with van der Waals surface area (Å²) in [6.45, 7) is 6.03. The molecule has 0 aliphatic rings. The summed E-state index contributed by atoms with van der Waals surface area (Å²) in [7, 11) is 0. The summed E-state index contributed by atoms with van der Waals surface area (Å²) < 4.78 is 5.30. The van der Waals surface area contributed by atoms with Gasteiger partial charge < -0.3 is 4.42 Å². The molecule has 1 heterocycles. The maximum atomic E-state index is 5.89. The van der Waals surface area contributed by atoms with E-state index in [1.165, 1.54) is 0 Å². The van der Waals surface area contributed by atoms with E-state index in [1.54, 1.807) is 6.26 Å². The zero-order valence-electron chi connectivity index (χ0n) is 8.46. The lowest BCUT2D eigenvalue weighted by molar-refractivity contribution is 0.554. The molecule has 76 valence electrons. The number of halogens is 1. The van der Waals surface area contributed by atoms with Gasteiger partial charge in [-0.05, 0) is 42.3 Å². The van der Waals surface area contributed by atoms with Crippen LogP contribution < -0.4 is 0 Å². The molecule has 0 spiro atoms. The van der Waals surface area contributed by atoms with Crippen molar-refractivity contribution < 1.29 is 4.42 Å². The Morgan fingerprint density at radius 1 is 1.33 bits per heavy atom. The van der Waals surface area contributed by atoms with Crippen LogP contribution in [-0.4, -0.2) is 0 Å². The predicted molar refractivity (Wildman–Crippen MR) is 63.0 cm³/mol. The highest BCUT2D eigenvalue weighted by molar-refractivity contribution is 6.30. The van der Waals surface area contributed by atoms with Crippen molar-refractivity contribution in [2.75, 3.05) is 0 Å². The van der Waals surface area contributed by atoms with E-state index in [0.717, 1.165) is 27.5 Å². The molecule has 15 heavy (non-hydrogen) atoms. The van der Waals surface area contributed by atoms with Gasteiger partial charge in [0.05, 0.1) is 6.26 Å². The lowest BCUT2D eigenvalue weighted by atomic mass is 10.0. The molecule has 2 heteroatoms. The van der Waals surface area contributed by atoms with Crippen molar-refractivity contribution in [1.29, 1.82) is 0 Å². The largest absolute Gasteiger partial charge is 0.464 e. The third-order valence-electron chi connectivity index (χ3n) is 2.33. The molecular weight excluding hydrogens is 208 g/mol. The number of aryl methyl sites for hydroxylation is 1. The minimum absolute atomic E-state index is 0.739. The fourth-order valence-corrected chi connectivity index (χ4v) is 1.78. The van der Waals surface area contributed by atoms with Crippen LogP contribution in [0.15, 0.2) is 47.6 Å². The van der Waals surface area contributed by atoms with E-state index in [1.807, 2.05) is 37.3 Å².